The molecule has 0 spiro atoms. The first-order valence-corrected chi connectivity index (χ1v) is 8.66. The van der Waals surface area contributed by atoms with Crippen molar-refractivity contribution in [2.75, 3.05) is 6.79 Å². The van der Waals surface area contributed by atoms with Gasteiger partial charge in [0.2, 0.25) is 6.79 Å². The van der Waals surface area contributed by atoms with E-state index in [4.69, 9.17) is 21.7 Å². The Balaban J connectivity index is 1.83. The monoisotopic (exact) mass is 393 g/mol. The number of hydrogen-bond donors (Lipinski definition) is 0. The largest absolute Gasteiger partial charge is 0.550 e. The van der Waals surface area contributed by atoms with Crippen molar-refractivity contribution in [3.8, 4) is 11.5 Å². The van der Waals surface area contributed by atoms with Crippen LogP contribution in [-0.4, -0.2) is 39.9 Å². The number of aliphatic carboxylic acids is 2. The van der Waals surface area contributed by atoms with E-state index in [2.05, 4.69) is 0 Å². The number of carbonyl (C=O) groups is 3. The molecule has 0 radical (unpaired) electrons. The van der Waals surface area contributed by atoms with Crippen molar-refractivity contribution in [1.82, 2.24) is 4.90 Å². The third-order valence-corrected chi connectivity index (χ3v) is 5.05. The van der Waals surface area contributed by atoms with Crippen LogP contribution < -0.4 is 19.7 Å². The zero-order chi connectivity index (χ0) is 18.8. The molecule has 1 amide bonds. The zero-order valence-electron chi connectivity index (χ0n) is 13.1. The number of thiocarbonyl (C=S) groups is 1. The van der Waals surface area contributed by atoms with Crippen molar-refractivity contribution >= 4 is 52.2 Å². The van der Waals surface area contributed by atoms with E-state index < -0.39 is 30.3 Å². The fourth-order valence-corrected chi connectivity index (χ4v) is 3.87. The lowest BCUT2D eigenvalue weighted by Gasteiger charge is -2.27. The van der Waals surface area contributed by atoms with E-state index >= 15 is 0 Å². The van der Waals surface area contributed by atoms with Gasteiger partial charge in [-0.1, -0.05) is 30.0 Å². The van der Waals surface area contributed by atoms with Crippen molar-refractivity contribution in [3.05, 3.63) is 28.7 Å². The van der Waals surface area contributed by atoms with Crippen LogP contribution in [0.1, 0.15) is 18.4 Å². The summed E-state index contributed by atoms with van der Waals surface area (Å²) >= 11 is 6.03. The summed E-state index contributed by atoms with van der Waals surface area (Å²) in [5.74, 6) is -2.49. The maximum atomic E-state index is 12.6. The Morgan fingerprint density at radius 1 is 1.31 bits per heavy atom. The maximum absolute atomic E-state index is 12.6. The highest BCUT2D eigenvalue weighted by atomic mass is 32.2. The minimum Gasteiger partial charge on any atom is -0.550 e. The van der Waals surface area contributed by atoms with Crippen molar-refractivity contribution in [2.24, 2.45) is 0 Å². The number of carboxylic acid groups (broad SMARTS) is 2. The van der Waals surface area contributed by atoms with Gasteiger partial charge in [0.1, 0.15) is 4.32 Å². The van der Waals surface area contributed by atoms with Crippen LogP contribution in [0.25, 0.3) is 6.08 Å². The number of fused-ring (bicyclic) bond motifs is 1. The van der Waals surface area contributed by atoms with Crippen LogP contribution >= 0.6 is 24.0 Å². The Kier molecular flexibility index (Phi) is 5.14. The molecule has 8 nitrogen and oxygen atoms in total. The fraction of sp³-hybridized carbons (Fsp3) is 0.250. The van der Waals surface area contributed by atoms with Gasteiger partial charge in [0.25, 0.3) is 5.91 Å². The highest BCUT2D eigenvalue weighted by Crippen LogP contribution is 2.37. The second-order valence-corrected chi connectivity index (χ2v) is 7.09. The van der Waals surface area contributed by atoms with Crippen LogP contribution in [0, 0.1) is 0 Å². The SMILES string of the molecule is O=C([O-])CC[C@@H](C(=O)[O-])N1C(=O)/C(=C/c2ccc3c(c2)OCO3)SC1=S. The molecule has 26 heavy (non-hydrogen) atoms. The molecule has 3 rings (SSSR count). The number of carbonyl (C=O) groups excluding carboxylic acids is 3. The van der Waals surface area contributed by atoms with E-state index in [9.17, 15) is 24.6 Å². The molecule has 1 saturated heterocycles. The molecule has 2 aliphatic heterocycles. The Labute approximate surface area is 157 Å². The number of nitrogens with zero attached hydrogens (tertiary/aromatic N) is 1. The van der Waals surface area contributed by atoms with E-state index in [1.807, 2.05) is 0 Å². The summed E-state index contributed by atoms with van der Waals surface area (Å²) in [7, 11) is 0. The first kappa shape index (κ1) is 18.2. The highest BCUT2D eigenvalue weighted by Gasteiger charge is 2.37. The molecule has 136 valence electrons. The van der Waals surface area contributed by atoms with Gasteiger partial charge < -0.3 is 29.3 Å². The Morgan fingerprint density at radius 3 is 2.73 bits per heavy atom. The van der Waals surface area contributed by atoms with Gasteiger partial charge in [0.05, 0.1) is 16.9 Å². The van der Waals surface area contributed by atoms with Crippen molar-refractivity contribution in [2.45, 2.75) is 18.9 Å². The van der Waals surface area contributed by atoms with E-state index in [0.717, 1.165) is 16.7 Å². The molecule has 1 atom stereocenters. The predicted molar refractivity (Wildman–Crippen MR) is 90.6 cm³/mol. The summed E-state index contributed by atoms with van der Waals surface area (Å²) in [6.45, 7) is 0.118. The Bertz CT molecular complexity index is 836. The number of thioether (sulfide) groups is 1. The van der Waals surface area contributed by atoms with Gasteiger partial charge in [0.15, 0.2) is 11.5 Å². The number of ether oxygens (including phenoxy) is 2. The molecule has 1 aromatic carbocycles. The Hall–Kier alpha value is -2.59. The number of rotatable bonds is 6. The third kappa shape index (κ3) is 3.65. The lowest BCUT2D eigenvalue weighted by molar-refractivity contribution is -0.311. The fourth-order valence-electron chi connectivity index (χ4n) is 2.51. The normalized spacial score (nSPS) is 18.5. The summed E-state index contributed by atoms with van der Waals surface area (Å²) in [6, 6.07) is 3.62. The lowest BCUT2D eigenvalue weighted by Crippen LogP contribution is -2.50. The van der Waals surface area contributed by atoms with Crippen LogP contribution in [0.4, 0.5) is 0 Å². The lowest BCUT2D eigenvalue weighted by atomic mass is 10.1. The Morgan fingerprint density at radius 2 is 2.04 bits per heavy atom. The van der Waals surface area contributed by atoms with Gasteiger partial charge in [-0.05, 0) is 36.6 Å². The van der Waals surface area contributed by atoms with Gasteiger partial charge >= 0.3 is 0 Å². The average Bonchev–Trinajstić information content (AvgIpc) is 3.13. The smallest absolute Gasteiger partial charge is 0.266 e. The average molecular weight is 393 g/mol. The quantitative estimate of drug-likeness (QED) is 0.455. The number of carboxylic acids is 2. The highest BCUT2D eigenvalue weighted by molar-refractivity contribution is 8.26. The summed E-state index contributed by atoms with van der Waals surface area (Å²) in [5.41, 5.74) is 0.648. The van der Waals surface area contributed by atoms with Gasteiger partial charge in [-0.3, -0.25) is 9.69 Å². The minimum absolute atomic E-state index is 0.0227. The minimum atomic E-state index is -1.58. The molecular weight excluding hydrogens is 382 g/mol. The standard InChI is InChI=1S/C16H13NO7S2/c18-13(19)4-2-9(15(21)22)17-14(20)12(26-16(17)25)6-8-1-3-10-11(5-8)24-7-23-10/h1,3,5-6,9H,2,4,7H2,(H,18,19)(H,21,22)/p-2/b12-6-/t9-/m0/s1. The molecule has 0 N–H and O–H groups in total. The topological polar surface area (TPSA) is 119 Å². The summed E-state index contributed by atoms with van der Waals surface area (Å²) in [6.07, 6.45) is 0.664. The third-order valence-electron chi connectivity index (χ3n) is 3.72. The molecule has 2 aliphatic rings. The van der Waals surface area contributed by atoms with E-state index in [1.165, 1.54) is 0 Å². The van der Waals surface area contributed by atoms with Crippen LogP contribution in [-0.2, 0) is 14.4 Å². The molecule has 0 unspecified atom stereocenters. The number of hydrogen-bond acceptors (Lipinski definition) is 9. The summed E-state index contributed by atoms with van der Waals surface area (Å²) < 4.78 is 10.5. The molecule has 2 heterocycles. The molecule has 0 aliphatic carbocycles. The van der Waals surface area contributed by atoms with Gasteiger partial charge in [-0.15, -0.1) is 0 Å². The van der Waals surface area contributed by atoms with E-state index in [0.29, 0.717) is 17.1 Å². The summed E-state index contributed by atoms with van der Waals surface area (Å²) in [4.78, 5) is 35.6. The van der Waals surface area contributed by atoms with Crippen LogP contribution in [0.3, 0.4) is 0 Å². The second-order valence-electron chi connectivity index (χ2n) is 5.41. The van der Waals surface area contributed by atoms with E-state index in [-0.39, 0.29) is 22.4 Å². The van der Waals surface area contributed by atoms with Crippen molar-refractivity contribution in [1.29, 1.82) is 0 Å². The number of benzene rings is 1. The maximum Gasteiger partial charge on any atom is 0.266 e. The predicted octanol–water partition coefficient (Wildman–Crippen LogP) is -0.735. The van der Waals surface area contributed by atoms with Crippen LogP contribution in [0.15, 0.2) is 23.1 Å². The second kappa shape index (κ2) is 7.34. The molecular formula is C16H11NO7S2-2. The molecule has 0 bridgehead atoms. The number of amides is 1. The van der Waals surface area contributed by atoms with E-state index in [1.54, 1.807) is 24.3 Å². The van der Waals surface area contributed by atoms with Gasteiger partial charge in [0, 0.05) is 5.97 Å². The van der Waals surface area contributed by atoms with Crippen molar-refractivity contribution in [3.63, 3.8) is 0 Å². The van der Waals surface area contributed by atoms with Gasteiger partial charge in [-0.2, -0.15) is 0 Å². The van der Waals surface area contributed by atoms with Crippen LogP contribution in [0.5, 0.6) is 11.5 Å². The molecule has 0 saturated carbocycles. The van der Waals surface area contributed by atoms with Crippen LogP contribution in [0.2, 0.25) is 0 Å². The first-order chi connectivity index (χ1) is 12.4. The summed E-state index contributed by atoms with van der Waals surface area (Å²) in [5, 5.41) is 21.9. The molecule has 1 aromatic rings. The molecule has 1 fully saturated rings. The first-order valence-electron chi connectivity index (χ1n) is 7.44. The van der Waals surface area contributed by atoms with Gasteiger partial charge in [-0.25, -0.2) is 0 Å². The molecule has 10 heteroatoms. The van der Waals surface area contributed by atoms with Crippen molar-refractivity contribution < 1.29 is 34.1 Å². The molecule has 0 aromatic heterocycles. The zero-order valence-corrected chi connectivity index (χ0v) is 14.8.